The van der Waals surface area contributed by atoms with Gasteiger partial charge in [-0.15, -0.1) is 0 Å². The lowest BCUT2D eigenvalue weighted by molar-refractivity contribution is -0.142. The van der Waals surface area contributed by atoms with Gasteiger partial charge in [0.2, 0.25) is 17.7 Å². The summed E-state index contributed by atoms with van der Waals surface area (Å²) in [5.74, 6) is -0.276. The van der Waals surface area contributed by atoms with Crippen molar-refractivity contribution in [3.05, 3.63) is 35.9 Å². The molecule has 0 bridgehead atoms. The number of hydrogen-bond acceptors (Lipinski definition) is 3. The first-order valence-electron chi connectivity index (χ1n) is 9.65. The van der Waals surface area contributed by atoms with E-state index in [0.717, 1.165) is 18.4 Å². The molecule has 1 heterocycles. The molecule has 1 saturated heterocycles. The Bertz CT molecular complexity index is 652. The molecule has 0 aromatic heterocycles. The number of likely N-dealkylation sites (tertiary alicyclic amines) is 1. The van der Waals surface area contributed by atoms with Gasteiger partial charge in [0.05, 0.1) is 5.92 Å². The maximum atomic E-state index is 12.4. The van der Waals surface area contributed by atoms with Gasteiger partial charge >= 0.3 is 0 Å². The topological polar surface area (TPSA) is 78.5 Å². The summed E-state index contributed by atoms with van der Waals surface area (Å²) in [6, 6.07) is 9.70. The molecular weight excluding hydrogens is 342 g/mol. The number of nitrogens with zero attached hydrogens (tertiary/aromatic N) is 1. The molecule has 148 valence electrons. The Labute approximate surface area is 161 Å². The Morgan fingerprint density at radius 2 is 1.81 bits per heavy atom. The molecule has 3 amide bonds. The largest absolute Gasteiger partial charge is 0.355 e. The molecule has 6 heteroatoms. The van der Waals surface area contributed by atoms with Crippen LogP contribution in [0.3, 0.4) is 0 Å². The standard InChI is InChI=1S/C21H31N3O3/c1-21(2,3)20(27)24-13-7-10-17(15-24)19(26)22-12-11-18(25)23-14-16-8-5-4-6-9-16/h4-6,8-9,17H,7,10-15H2,1-3H3,(H,22,26)(H,23,25). The maximum Gasteiger partial charge on any atom is 0.227 e. The Balaban J connectivity index is 1.70. The number of rotatable bonds is 6. The zero-order valence-corrected chi connectivity index (χ0v) is 16.6. The minimum Gasteiger partial charge on any atom is -0.355 e. The van der Waals surface area contributed by atoms with Crippen molar-refractivity contribution in [1.29, 1.82) is 0 Å². The second kappa shape index (κ2) is 9.53. The summed E-state index contributed by atoms with van der Waals surface area (Å²) >= 11 is 0. The zero-order chi connectivity index (χ0) is 19.9. The third-order valence-electron chi connectivity index (χ3n) is 4.70. The quantitative estimate of drug-likeness (QED) is 0.801. The van der Waals surface area contributed by atoms with Gasteiger partial charge in [-0.3, -0.25) is 14.4 Å². The van der Waals surface area contributed by atoms with E-state index in [2.05, 4.69) is 10.6 Å². The van der Waals surface area contributed by atoms with Crippen LogP contribution >= 0.6 is 0 Å². The first-order valence-corrected chi connectivity index (χ1v) is 9.65. The van der Waals surface area contributed by atoms with Crippen LogP contribution in [0.25, 0.3) is 0 Å². The van der Waals surface area contributed by atoms with E-state index in [0.29, 0.717) is 26.2 Å². The van der Waals surface area contributed by atoms with E-state index in [9.17, 15) is 14.4 Å². The number of nitrogens with one attached hydrogen (secondary N) is 2. The van der Waals surface area contributed by atoms with Crippen LogP contribution in [0, 0.1) is 11.3 Å². The first kappa shape index (κ1) is 20.9. The molecule has 2 N–H and O–H groups in total. The van der Waals surface area contributed by atoms with Crippen molar-refractivity contribution in [2.24, 2.45) is 11.3 Å². The summed E-state index contributed by atoms with van der Waals surface area (Å²) in [7, 11) is 0. The number of carbonyl (C=O) groups is 3. The highest BCUT2D eigenvalue weighted by Gasteiger charge is 2.33. The maximum absolute atomic E-state index is 12.4. The lowest BCUT2D eigenvalue weighted by Gasteiger charge is -2.35. The van der Waals surface area contributed by atoms with Gasteiger partial charge in [0.15, 0.2) is 0 Å². The van der Waals surface area contributed by atoms with E-state index < -0.39 is 5.41 Å². The first-order chi connectivity index (χ1) is 12.8. The van der Waals surface area contributed by atoms with Crippen LogP contribution in [0.5, 0.6) is 0 Å². The van der Waals surface area contributed by atoms with Crippen LogP contribution < -0.4 is 10.6 Å². The molecule has 27 heavy (non-hydrogen) atoms. The highest BCUT2D eigenvalue weighted by Crippen LogP contribution is 2.23. The fraction of sp³-hybridized carbons (Fsp3) is 0.571. The van der Waals surface area contributed by atoms with Crippen molar-refractivity contribution >= 4 is 17.7 Å². The Morgan fingerprint density at radius 1 is 1.11 bits per heavy atom. The number of carbonyl (C=O) groups excluding carboxylic acids is 3. The number of hydrogen-bond donors (Lipinski definition) is 2. The Morgan fingerprint density at radius 3 is 2.48 bits per heavy atom. The second-order valence-corrected chi connectivity index (χ2v) is 8.14. The van der Waals surface area contributed by atoms with Gasteiger partial charge < -0.3 is 15.5 Å². The van der Waals surface area contributed by atoms with Crippen molar-refractivity contribution in [3.8, 4) is 0 Å². The molecule has 1 aromatic rings. The molecule has 1 atom stereocenters. The van der Waals surface area contributed by atoms with Crippen LogP contribution in [0.1, 0.15) is 45.6 Å². The molecule has 0 spiro atoms. The Hall–Kier alpha value is -2.37. The molecule has 1 aromatic carbocycles. The lowest BCUT2D eigenvalue weighted by atomic mass is 9.91. The molecule has 1 unspecified atom stereocenters. The third-order valence-corrected chi connectivity index (χ3v) is 4.70. The van der Waals surface area contributed by atoms with Crippen LogP contribution in [-0.4, -0.2) is 42.3 Å². The lowest BCUT2D eigenvalue weighted by Crippen LogP contribution is -2.49. The summed E-state index contributed by atoms with van der Waals surface area (Å²) in [5, 5.41) is 5.69. The molecule has 0 radical (unpaired) electrons. The molecule has 1 fully saturated rings. The average molecular weight is 373 g/mol. The molecule has 2 rings (SSSR count). The predicted molar refractivity (Wildman–Crippen MR) is 105 cm³/mol. The summed E-state index contributed by atoms with van der Waals surface area (Å²) in [6.45, 7) is 7.65. The summed E-state index contributed by atoms with van der Waals surface area (Å²) in [6.07, 6.45) is 1.85. The molecule has 6 nitrogen and oxygen atoms in total. The third kappa shape index (κ3) is 6.70. The zero-order valence-electron chi connectivity index (χ0n) is 16.6. The van der Waals surface area contributed by atoms with Gasteiger partial charge in [0.1, 0.15) is 0 Å². The Kier molecular flexibility index (Phi) is 7.39. The minimum atomic E-state index is -0.435. The van der Waals surface area contributed by atoms with Gasteiger partial charge in [-0.1, -0.05) is 51.1 Å². The van der Waals surface area contributed by atoms with E-state index in [-0.39, 0.29) is 30.1 Å². The highest BCUT2D eigenvalue weighted by atomic mass is 16.2. The number of benzene rings is 1. The van der Waals surface area contributed by atoms with Crippen LogP contribution in [0.4, 0.5) is 0 Å². The van der Waals surface area contributed by atoms with Gasteiger partial charge in [0.25, 0.3) is 0 Å². The highest BCUT2D eigenvalue weighted by molar-refractivity contribution is 5.84. The van der Waals surface area contributed by atoms with Crippen molar-refractivity contribution in [1.82, 2.24) is 15.5 Å². The minimum absolute atomic E-state index is 0.0720. The van der Waals surface area contributed by atoms with E-state index in [1.54, 1.807) is 4.90 Å². The van der Waals surface area contributed by atoms with E-state index in [4.69, 9.17) is 0 Å². The second-order valence-electron chi connectivity index (χ2n) is 8.14. The van der Waals surface area contributed by atoms with Crippen molar-refractivity contribution in [3.63, 3.8) is 0 Å². The fourth-order valence-corrected chi connectivity index (χ4v) is 3.18. The van der Waals surface area contributed by atoms with Crippen LogP contribution in [-0.2, 0) is 20.9 Å². The average Bonchev–Trinajstić information content (AvgIpc) is 2.66. The smallest absolute Gasteiger partial charge is 0.227 e. The van der Waals surface area contributed by atoms with Crippen molar-refractivity contribution in [2.75, 3.05) is 19.6 Å². The summed E-state index contributed by atoms with van der Waals surface area (Å²) in [4.78, 5) is 38.5. The number of amides is 3. The molecule has 1 aliphatic heterocycles. The van der Waals surface area contributed by atoms with Gasteiger partial charge in [-0.05, 0) is 18.4 Å². The summed E-state index contributed by atoms with van der Waals surface area (Å²) in [5.41, 5.74) is 0.607. The normalized spacial score (nSPS) is 17.3. The van der Waals surface area contributed by atoms with Crippen molar-refractivity contribution < 1.29 is 14.4 Å². The monoisotopic (exact) mass is 373 g/mol. The van der Waals surface area contributed by atoms with Gasteiger partial charge in [0, 0.05) is 38.0 Å². The van der Waals surface area contributed by atoms with E-state index in [1.165, 1.54) is 0 Å². The van der Waals surface area contributed by atoms with Crippen LogP contribution in [0.2, 0.25) is 0 Å². The SMILES string of the molecule is CC(C)(C)C(=O)N1CCCC(C(=O)NCCC(=O)NCc2ccccc2)C1. The van der Waals surface area contributed by atoms with Crippen LogP contribution in [0.15, 0.2) is 30.3 Å². The van der Waals surface area contributed by atoms with Crippen molar-refractivity contribution in [2.45, 2.75) is 46.6 Å². The van der Waals surface area contributed by atoms with Gasteiger partial charge in [-0.2, -0.15) is 0 Å². The molecule has 1 aliphatic rings. The van der Waals surface area contributed by atoms with E-state index in [1.807, 2.05) is 51.1 Å². The molecule has 0 saturated carbocycles. The summed E-state index contributed by atoms with van der Waals surface area (Å²) < 4.78 is 0. The molecule has 0 aliphatic carbocycles. The predicted octanol–water partition coefficient (Wildman–Crippen LogP) is 2.09. The molecular formula is C21H31N3O3. The van der Waals surface area contributed by atoms with Gasteiger partial charge in [-0.25, -0.2) is 0 Å². The fourth-order valence-electron chi connectivity index (χ4n) is 3.18. The van der Waals surface area contributed by atoms with E-state index >= 15 is 0 Å². The number of piperidine rings is 1.